The molecule has 2 aromatic carbocycles. The van der Waals surface area contributed by atoms with Crippen molar-refractivity contribution in [2.45, 2.75) is 122 Å². The summed E-state index contributed by atoms with van der Waals surface area (Å²) in [7, 11) is 0. The van der Waals surface area contributed by atoms with Gasteiger partial charge in [-0.05, 0) is 116 Å². The van der Waals surface area contributed by atoms with Crippen LogP contribution in [0, 0.1) is 23.5 Å². The number of halogens is 2. The first kappa shape index (κ1) is 26.4. The quantitative estimate of drug-likeness (QED) is 0.352. The van der Waals surface area contributed by atoms with E-state index in [1.165, 1.54) is 30.4 Å². The first-order valence-electron chi connectivity index (χ1n) is 14.5. The maximum absolute atomic E-state index is 15.3. The lowest BCUT2D eigenvalue weighted by molar-refractivity contribution is 0.267. The molecule has 0 aromatic heterocycles. The topological polar surface area (TPSA) is 0 Å². The molecule has 0 heterocycles. The predicted molar refractivity (Wildman–Crippen MR) is 144 cm³/mol. The number of rotatable bonds is 8. The summed E-state index contributed by atoms with van der Waals surface area (Å²) in [6.07, 6.45) is 12.0. The third kappa shape index (κ3) is 6.00. The van der Waals surface area contributed by atoms with Gasteiger partial charge in [-0.2, -0.15) is 0 Å². The molecule has 2 aliphatic rings. The molecule has 2 saturated carbocycles. The second-order valence-electron chi connectivity index (χ2n) is 11.8. The molecule has 1 unspecified atom stereocenters. The molecule has 4 rings (SSSR count). The van der Waals surface area contributed by atoms with E-state index in [1.54, 1.807) is 0 Å². The fourth-order valence-corrected chi connectivity index (χ4v) is 7.04. The summed E-state index contributed by atoms with van der Waals surface area (Å²) >= 11 is 0. The summed E-state index contributed by atoms with van der Waals surface area (Å²) in [5.74, 6) is 1.75. The van der Waals surface area contributed by atoms with Gasteiger partial charge in [-0.1, -0.05) is 76.9 Å². The first-order chi connectivity index (χ1) is 16.9. The molecular formula is C33H46F2. The fraction of sp³-hybridized carbons (Fsp3) is 0.636. The maximum atomic E-state index is 15.3. The fourth-order valence-electron chi connectivity index (χ4n) is 7.04. The van der Waals surface area contributed by atoms with Gasteiger partial charge in [-0.15, -0.1) is 0 Å². The zero-order valence-corrected chi connectivity index (χ0v) is 22.5. The molecule has 0 radical (unpaired) electrons. The second kappa shape index (κ2) is 12.0. The van der Waals surface area contributed by atoms with Crippen molar-refractivity contribution in [3.8, 4) is 0 Å². The van der Waals surface area contributed by atoms with E-state index in [9.17, 15) is 0 Å². The average molecular weight is 481 g/mol. The van der Waals surface area contributed by atoms with E-state index in [0.717, 1.165) is 57.3 Å². The van der Waals surface area contributed by atoms with Crippen molar-refractivity contribution in [2.75, 3.05) is 0 Å². The Hall–Kier alpha value is -1.70. The van der Waals surface area contributed by atoms with E-state index in [1.807, 2.05) is 12.1 Å². The van der Waals surface area contributed by atoms with Crippen LogP contribution in [0.15, 0.2) is 36.4 Å². The van der Waals surface area contributed by atoms with Gasteiger partial charge in [0.05, 0.1) is 0 Å². The Labute approximate surface area is 212 Å². The molecule has 2 fully saturated rings. The molecule has 0 amide bonds. The van der Waals surface area contributed by atoms with Crippen molar-refractivity contribution < 1.29 is 8.78 Å². The van der Waals surface area contributed by atoms with Crippen LogP contribution >= 0.6 is 0 Å². The summed E-state index contributed by atoms with van der Waals surface area (Å²) < 4.78 is 30.5. The van der Waals surface area contributed by atoms with Crippen LogP contribution < -0.4 is 0 Å². The lowest BCUT2D eigenvalue weighted by Gasteiger charge is -2.35. The second-order valence-corrected chi connectivity index (χ2v) is 11.8. The Bertz CT molecular complexity index is 928. The molecular weight excluding hydrogens is 434 g/mol. The Morgan fingerprint density at radius 1 is 0.686 bits per heavy atom. The Balaban J connectivity index is 1.42. The highest BCUT2D eigenvalue weighted by atomic mass is 19.2. The molecule has 0 spiro atoms. The number of hydrogen-bond donors (Lipinski definition) is 0. The van der Waals surface area contributed by atoms with Crippen molar-refractivity contribution in [2.24, 2.45) is 11.8 Å². The Kier molecular flexibility index (Phi) is 9.06. The third-order valence-electron chi connectivity index (χ3n) is 9.42. The van der Waals surface area contributed by atoms with Crippen molar-refractivity contribution in [1.29, 1.82) is 0 Å². The molecule has 2 aromatic rings. The molecule has 0 aliphatic heterocycles. The van der Waals surface area contributed by atoms with Gasteiger partial charge in [-0.25, -0.2) is 8.78 Å². The van der Waals surface area contributed by atoms with Gasteiger partial charge in [0.2, 0.25) is 0 Å². The average Bonchev–Trinajstić information content (AvgIpc) is 2.89. The molecule has 0 N–H and O–H groups in total. The van der Waals surface area contributed by atoms with E-state index in [2.05, 4.69) is 52.0 Å². The summed E-state index contributed by atoms with van der Waals surface area (Å²) in [5.41, 5.74) is 4.11. The summed E-state index contributed by atoms with van der Waals surface area (Å²) in [6.45, 7) is 8.99. The van der Waals surface area contributed by atoms with Crippen LogP contribution in [-0.2, 0) is 0 Å². The van der Waals surface area contributed by atoms with Crippen LogP contribution in [-0.4, -0.2) is 0 Å². The molecule has 2 heteroatoms. The summed E-state index contributed by atoms with van der Waals surface area (Å²) in [6, 6.07) is 13.1. The highest BCUT2D eigenvalue weighted by Crippen LogP contribution is 2.45. The van der Waals surface area contributed by atoms with Crippen LogP contribution in [0.4, 0.5) is 8.78 Å². The van der Waals surface area contributed by atoms with Gasteiger partial charge in [0.1, 0.15) is 0 Å². The van der Waals surface area contributed by atoms with Crippen LogP contribution in [0.3, 0.4) is 0 Å². The minimum absolute atomic E-state index is 0.149. The zero-order chi connectivity index (χ0) is 24.9. The van der Waals surface area contributed by atoms with E-state index in [-0.39, 0.29) is 11.8 Å². The minimum Gasteiger partial charge on any atom is -0.203 e. The van der Waals surface area contributed by atoms with Gasteiger partial charge >= 0.3 is 0 Å². The Morgan fingerprint density at radius 2 is 1.17 bits per heavy atom. The molecule has 0 saturated heterocycles. The smallest absolute Gasteiger partial charge is 0.162 e. The largest absolute Gasteiger partial charge is 0.203 e. The summed E-state index contributed by atoms with van der Waals surface area (Å²) in [4.78, 5) is 0. The molecule has 35 heavy (non-hydrogen) atoms. The highest BCUT2D eigenvalue weighted by molar-refractivity contribution is 5.32. The molecule has 0 bridgehead atoms. The van der Waals surface area contributed by atoms with Crippen LogP contribution in [0.5, 0.6) is 0 Å². The van der Waals surface area contributed by atoms with E-state index in [0.29, 0.717) is 28.9 Å². The van der Waals surface area contributed by atoms with Crippen molar-refractivity contribution in [1.82, 2.24) is 0 Å². The number of benzene rings is 2. The molecule has 0 nitrogen and oxygen atoms in total. The standard InChI is InChI=1S/C33H46F2/c1-5-7-29(25-14-12-24(13-15-25)22(3)4)26-16-18-28(19-17-26)31-21-20-30(32(34)33(31)35)27-10-8-23(6-2)9-11-27/h12-15,20-23,26-29H,5-11,16-19H2,1-4H3. The van der Waals surface area contributed by atoms with E-state index < -0.39 is 11.6 Å². The van der Waals surface area contributed by atoms with Crippen LogP contribution in [0.1, 0.15) is 144 Å². The molecule has 192 valence electrons. The first-order valence-corrected chi connectivity index (χ1v) is 14.5. The number of hydrogen-bond acceptors (Lipinski definition) is 0. The molecule has 1 atom stereocenters. The van der Waals surface area contributed by atoms with E-state index in [4.69, 9.17) is 0 Å². The Morgan fingerprint density at radius 3 is 1.63 bits per heavy atom. The third-order valence-corrected chi connectivity index (χ3v) is 9.42. The van der Waals surface area contributed by atoms with Crippen molar-refractivity contribution in [3.05, 3.63) is 70.3 Å². The van der Waals surface area contributed by atoms with Crippen molar-refractivity contribution in [3.63, 3.8) is 0 Å². The monoisotopic (exact) mass is 480 g/mol. The molecule has 2 aliphatic carbocycles. The summed E-state index contributed by atoms with van der Waals surface area (Å²) in [5, 5.41) is 0. The van der Waals surface area contributed by atoms with E-state index >= 15 is 8.78 Å². The van der Waals surface area contributed by atoms with Gasteiger partial charge < -0.3 is 0 Å². The maximum Gasteiger partial charge on any atom is 0.162 e. The highest BCUT2D eigenvalue weighted by Gasteiger charge is 2.32. The SMILES string of the molecule is CCCC(c1ccc(C(C)C)cc1)C1CCC(c2ccc(C3CCC(CC)CC3)c(F)c2F)CC1. The van der Waals surface area contributed by atoms with Crippen LogP contribution in [0.25, 0.3) is 0 Å². The van der Waals surface area contributed by atoms with Gasteiger partial charge in [-0.3, -0.25) is 0 Å². The lowest BCUT2D eigenvalue weighted by Crippen LogP contribution is -2.21. The van der Waals surface area contributed by atoms with Crippen molar-refractivity contribution >= 4 is 0 Å². The zero-order valence-electron chi connectivity index (χ0n) is 22.5. The van der Waals surface area contributed by atoms with Gasteiger partial charge in [0.25, 0.3) is 0 Å². The lowest BCUT2D eigenvalue weighted by atomic mass is 9.70. The van der Waals surface area contributed by atoms with Crippen LogP contribution in [0.2, 0.25) is 0 Å². The normalized spacial score (nSPS) is 26.1. The predicted octanol–water partition coefficient (Wildman–Crippen LogP) is 10.6. The van der Waals surface area contributed by atoms with Gasteiger partial charge in [0, 0.05) is 0 Å². The van der Waals surface area contributed by atoms with Gasteiger partial charge in [0.15, 0.2) is 11.6 Å². The minimum atomic E-state index is -0.557.